The van der Waals surface area contributed by atoms with Crippen LogP contribution in [0.5, 0.6) is 5.75 Å². The van der Waals surface area contributed by atoms with E-state index in [1.807, 2.05) is 31.2 Å². The van der Waals surface area contributed by atoms with Gasteiger partial charge in [-0.05, 0) is 50.5 Å². The molecule has 2 aromatic rings. The number of rotatable bonds is 8. The molecule has 7 heteroatoms. The molecule has 1 fully saturated rings. The first-order chi connectivity index (χ1) is 14.8. The molecule has 166 valence electrons. The largest absolute Gasteiger partial charge is 0.482 e. The van der Waals surface area contributed by atoms with Gasteiger partial charge in [0, 0.05) is 17.6 Å². The molecule has 1 N–H and O–H groups in total. The van der Waals surface area contributed by atoms with Crippen molar-refractivity contribution in [1.82, 2.24) is 10.2 Å². The minimum absolute atomic E-state index is 0.141. The Morgan fingerprint density at radius 3 is 2.58 bits per heavy atom. The number of ether oxygens (including phenoxy) is 1. The van der Waals surface area contributed by atoms with Crippen LogP contribution >= 0.6 is 23.2 Å². The Hall–Kier alpha value is -2.24. The number of benzene rings is 2. The smallest absolute Gasteiger partial charge is 0.261 e. The molecule has 1 aliphatic rings. The molecular formula is C24H28Cl2N2O3. The number of nitrogens with one attached hydrogen (secondary N) is 1. The summed E-state index contributed by atoms with van der Waals surface area (Å²) in [4.78, 5) is 27.6. The summed E-state index contributed by atoms with van der Waals surface area (Å²) in [6.45, 7) is 3.84. The van der Waals surface area contributed by atoms with E-state index in [0.29, 0.717) is 22.3 Å². The third-order valence-corrected chi connectivity index (χ3v) is 6.08. The van der Waals surface area contributed by atoms with E-state index in [0.717, 1.165) is 36.8 Å². The van der Waals surface area contributed by atoms with Crippen molar-refractivity contribution < 1.29 is 14.3 Å². The van der Waals surface area contributed by atoms with Crippen molar-refractivity contribution in [2.24, 2.45) is 0 Å². The summed E-state index contributed by atoms with van der Waals surface area (Å²) in [7, 11) is 0. The van der Waals surface area contributed by atoms with Crippen LogP contribution in [0.1, 0.15) is 43.7 Å². The van der Waals surface area contributed by atoms with Crippen LogP contribution in [0, 0.1) is 6.92 Å². The molecule has 0 aliphatic heterocycles. The number of nitrogens with zero attached hydrogens (tertiary/aromatic N) is 1. The highest BCUT2D eigenvalue weighted by molar-refractivity contribution is 6.35. The van der Waals surface area contributed by atoms with E-state index in [1.165, 1.54) is 0 Å². The summed E-state index contributed by atoms with van der Waals surface area (Å²) in [5, 5.41) is 3.91. The second-order valence-electron chi connectivity index (χ2n) is 8.04. The molecule has 5 nitrogen and oxygen atoms in total. The van der Waals surface area contributed by atoms with E-state index in [-0.39, 0.29) is 24.5 Å². The Labute approximate surface area is 193 Å². The molecule has 0 heterocycles. The molecule has 3 rings (SSSR count). The summed E-state index contributed by atoms with van der Waals surface area (Å²) < 4.78 is 5.65. The maximum atomic E-state index is 13.1. The first-order valence-corrected chi connectivity index (χ1v) is 11.3. The van der Waals surface area contributed by atoms with Gasteiger partial charge >= 0.3 is 0 Å². The van der Waals surface area contributed by atoms with Gasteiger partial charge in [-0.15, -0.1) is 0 Å². The van der Waals surface area contributed by atoms with Crippen molar-refractivity contribution in [3.63, 3.8) is 0 Å². The van der Waals surface area contributed by atoms with Gasteiger partial charge in [0.05, 0.1) is 5.02 Å². The number of aryl methyl sites for hydroxylation is 1. The monoisotopic (exact) mass is 462 g/mol. The van der Waals surface area contributed by atoms with Crippen molar-refractivity contribution in [2.75, 3.05) is 6.61 Å². The van der Waals surface area contributed by atoms with Gasteiger partial charge in [-0.1, -0.05) is 65.9 Å². The topological polar surface area (TPSA) is 58.6 Å². The van der Waals surface area contributed by atoms with Crippen LogP contribution < -0.4 is 10.1 Å². The van der Waals surface area contributed by atoms with E-state index < -0.39 is 6.04 Å². The molecule has 31 heavy (non-hydrogen) atoms. The minimum Gasteiger partial charge on any atom is -0.482 e. The van der Waals surface area contributed by atoms with E-state index in [4.69, 9.17) is 27.9 Å². The Morgan fingerprint density at radius 2 is 1.90 bits per heavy atom. The van der Waals surface area contributed by atoms with Gasteiger partial charge in [-0.25, -0.2) is 0 Å². The van der Waals surface area contributed by atoms with Gasteiger partial charge in [-0.2, -0.15) is 0 Å². The third-order valence-electron chi connectivity index (χ3n) is 5.55. The first-order valence-electron chi connectivity index (χ1n) is 10.6. The molecule has 0 radical (unpaired) electrons. The predicted molar refractivity (Wildman–Crippen MR) is 124 cm³/mol. The second kappa shape index (κ2) is 10.9. The standard InChI is InChI=1S/C24H28Cl2N2O3/c1-16-6-5-7-18(12-16)14-28(17(2)24(30)27-20-8-3-4-9-20)23(29)15-31-22-11-10-19(25)13-21(22)26/h5-7,10-13,17,20H,3-4,8-9,14-15H2,1-2H3,(H,27,30). The van der Waals surface area contributed by atoms with Crippen molar-refractivity contribution in [3.05, 3.63) is 63.6 Å². The quantitative estimate of drug-likeness (QED) is 0.589. The van der Waals surface area contributed by atoms with Gasteiger partial charge in [0.25, 0.3) is 5.91 Å². The highest BCUT2D eigenvalue weighted by Gasteiger charge is 2.28. The highest BCUT2D eigenvalue weighted by Crippen LogP contribution is 2.27. The van der Waals surface area contributed by atoms with Crippen molar-refractivity contribution >= 4 is 35.0 Å². The lowest BCUT2D eigenvalue weighted by Gasteiger charge is -2.29. The minimum atomic E-state index is -0.627. The zero-order valence-electron chi connectivity index (χ0n) is 17.9. The van der Waals surface area contributed by atoms with E-state index in [1.54, 1.807) is 30.0 Å². The average molecular weight is 463 g/mol. The molecule has 0 aromatic heterocycles. The lowest BCUT2D eigenvalue weighted by Crippen LogP contribution is -2.50. The van der Waals surface area contributed by atoms with Gasteiger partial charge < -0.3 is 15.0 Å². The Morgan fingerprint density at radius 1 is 1.16 bits per heavy atom. The van der Waals surface area contributed by atoms with Crippen LogP contribution in [0.15, 0.2) is 42.5 Å². The molecule has 0 saturated heterocycles. The molecule has 1 atom stereocenters. The fourth-order valence-electron chi connectivity index (χ4n) is 3.80. The van der Waals surface area contributed by atoms with Crippen molar-refractivity contribution in [1.29, 1.82) is 0 Å². The van der Waals surface area contributed by atoms with Crippen LogP contribution in [0.3, 0.4) is 0 Å². The summed E-state index contributed by atoms with van der Waals surface area (Å²) in [5.41, 5.74) is 2.05. The number of carbonyl (C=O) groups is 2. The zero-order valence-corrected chi connectivity index (χ0v) is 19.4. The van der Waals surface area contributed by atoms with Gasteiger partial charge in [0.15, 0.2) is 6.61 Å². The van der Waals surface area contributed by atoms with E-state index in [2.05, 4.69) is 5.32 Å². The Balaban J connectivity index is 1.73. The van der Waals surface area contributed by atoms with Crippen LogP contribution in [-0.2, 0) is 16.1 Å². The Kier molecular flexibility index (Phi) is 8.22. The van der Waals surface area contributed by atoms with Crippen LogP contribution in [-0.4, -0.2) is 35.4 Å². The molecule has 1 saturated carbocycles. The predicted octanol–water partition coefficient (Wildman–Crippen LogP) is 5.16. The van der Waals surface area contributed by atoms with Gasteiger partial charge in [0.2, 0.25) is 5.91 Å². The van der Waals surface area contributed by atoms with E-state index >= 15 is 0 Å². The maximum Gasteiger partial charge on any atom is 0.261 e. The molecular weight excluding hydrogens is 435 g/mol. The number of carbonyl (C=O) groups excluding carboxylic acids is 2. The van der Waals surface area contributed by atoms with Crippen molar-refractivity contribution in [2.45, 2.75) is 58.2 Å². The lowest BCUT2D eigenvalue weighted by atomic mass is 10.1. The van der Waals surface area contributed by atoms with Gasteiger partial charge in [-0.3, -0.25) is 9.59 Å². The summed E-state index contributed by atoms with van der Waals surface area (Å²) in [5.74, 6) is -0.0583. The van der Waals surface area contributed by atoms with Crippen LogP contribution in [0.4, 0.5) is 0 Å². The fraction of sp³-hybridized carbons (Fsp3) is 0.417. The third kappa shape index (κ3) is 6.62. The molecule has 0 spiro atoms. The van der Waals surface area contributed by atoms with Crippen LogP contribution in [0.25, 0.3) is 0 Å². The molecule has 0 bridgehead atoms. The lowest BCUT2D eigenvalue weighted by molar-refractivity contribution is -0.142. The summed E-state index contributed by atoms with van der Waals surface area (Å²) >= 11 is 12.1. The average Bonchev–Trinajstić information content (AvgIpc) is 3.23. The maximum absolute atomic E-state index is 13.1. The van der Waals surface area contributed by atoms with Gasteiger partial charge in [0.1, 0.15) is 11.8 Å². The summed E-state index contributed by atoms with van der Waals surface area (Å²) in [6, 6.07) is 12.3. The normalized spacial score (nSPS) is 14.8. The number of amides is 2. The molecule has 2 aromatic carbocycles. The SMILES string of the molecule is Cc1cccc(CN(C(=O)COc2ccc(Cl)cc2Cl)C(C)C(=O)NC2CCCC2)c1. The number of halogens is 2. The molecule has 2 amide bonds. The first kappa shape index (κ1) is 23.4. The number of hydrogen-bond acceptors (Lipinski definition) is 3. The Bertz CT molecular complexity index is 929. The van der Waals surface area contributed by atoms with Crippen molar-refractivity contribution in [3.8, 4) is 5.75 Å². The van der Waals surface area contributed by atoms with Crippen LogP contribution in [0.2, 0.25) is 10.0 Å². The highest BCUT2D eigenvalue weighted by atomic mass is 35.5. The molecule has 1 aliphatic carbocycles. The fourth-order valence-corrected chi connectivity index (χ4v) is 4.26. The summed E-state index contributed by atoms with van der Waals surface area (Å²) in [6.07, 6.45) is 4.23. The van der Waals surface area contributed by atoms with E-state index in [9.17, 15) is 9.59 Å². The number of hydrogen-bond donors (Lipinski definition) is 1. The molecule has 1 unspecified atom stereocenters. The second-order valence-corrected chi connectivity index (χ2v) is 8.88. The zero-order chi connectivity index (χ0) is 22.4.